The quantitative estimate of drug-likeness (QED) is 0.664. The molecule has 0 aliphatic rings. The lowest BCUT2D eigenvalue weighted by Gasteiger charge is -2.19. The minimum Gasteiger partial charge on any atom is -0.467 e. The molecule has 3 rings (SSSR count). The topological polar surface area (TPSA) is 86.8 Å². The molecule has 0 spiro atoms. The fraction of sp³-hybridized carbons (Fsp3) is 0.250. The van der Waals surface area contributed by atoms with Gasteiger partial charge >= 0.3 is 6.09 Å². The third-order valence-electron chi connectivity index (χ3n) is 3.68. The summed E-state index contributed by atoms with van der Waals surface area (Å²) >= 11 is 7.54. The molecule has 0 aliphatic heterocycles. The monoisotopic (exact) mass is 366 g/mol. The number of furan rings is 1. The first-order valence-electron chi connectivity index (χ1n) is 7.23. The van der Waals surface area contributed by atoms with Gasteiger partial charge in [-0.25, -0.2) is 9.78 Å². The summed E-state index contributed by atoms with van der Waals surface area (Å²) in [5.41, 5.74) is 2.04. The van der Waals surface area contributed by atoms with E-state index in [2.05, 4.69) is 4.98 Å². The van der Waals surface area contributed by atoms with Crippen molar-refractivity contribution in [1.82, 2.24) is 4.98 Å². The number of nitrogens with zero attached hydrogens (tertiary/aromatic N) is 2. The molecule has 8 heteroatoms. The first-order chi connectivity index (χ1) is 11.5. The molecule has 3 heterocycles. The molecule has 3 aromatic rings. The van der Waals surface area contributed by atoms with Gasteiger partial charge in [-0.1, -0.05) is 11.6 Å². The van der Waals surface area contributed by atoms with Gasteiger partial charge in [-0.05, 0) is 24.6 Å². The number of aryl methyl sites for hydroxylation is 1. The second kappa shape index (κ2) is 6.80. The summed E-state index contributed by atoms with van der Waals surface area (Å²) in [5, 5.41) is 19.1. The highest BCUT2D eigenvalue weighted by Crippen LogP contribution is 2.38. The van der Waals surface area contributed by atoms with Gasteiger partial charge < -0.3 is 14.6 Å². The fourth-order valence-electron chi connectivity index (χ4n) is 2.53. The SMILES string of the molecule is Cc1c(CCO)sc2c(N(Cc3ccco3)C(=O)O)cc(Cl)nc12. The normalized spacial score (nSPS) is 11.1. The average molecular weight is 367 g/mol. The van der Waals surface area contributed by atoms with Crippen molar-refractivity contribution < 1.29 is 19.4 Å². The zero-order valence-electron chi connectivity index (χ0n) is 12.8. The van der Waals surface area contributed by atoms with Gasteiger partial charge in [0.25, 0.3) is 0 Å². The number of pyridine rings is 1. The molecule has 2 N–H and O–H groups in total. The lowest BCUT2D eigenvalue weighted by atomic mass is 10.2. The molecule has 126 valence electrons. The van der Waals surface area contributed by atoms with Crippen molar-refractivity contribution in [3.63, 3.8) is 0 Å². The van der Waals surface area contributed by atoms with Crippen LogP contribution in [0.15, 0.2) is 28.9 Å². The first kappa shape index (κ1) is 16.8. The van der Waals surface area contributed by atoms with E-state index < -0.39 is 6.09 Å². The number of thiophene rings is 1. The van der Waals surface area contributed by atoms with Crippen molar-refractivity contribution >= 4 is 44.9 Å². The summed E-state index contributed by atoms with van der Waals surface area (Å²) in [4.78, 5) is 18.3. The third kappa shape index (κ3) is 3.10. The first-order valence-corrected chi connectivity index (χ1v) is 8.43. The number of halogens is 1. The third-order valence-corrected chi connectivity index (χ3v) is 5.23. The second-order valence-electron chi connectivity index (χ2n) is 5.21. The highest BCUT2D eigenvalue weighted by Gasteiger charge is 2.23. The van der Waals surface area contributed by atoms with Crippen LogP contribution in [0.1, 0.15) is 16.2 Å². The van der Waals surface area contributed by atoms with Crippen LogP contribution < -0.4 is 4.90 Å². The van der Waals surface area contributed by atoms with Gasteiger partial charge in [0.05, 0.1) is 28.7 Å². The van der Waals surface area contributed by atoms with Crippen LogP contribution in [0.3, 0.4) is 0 Å². The van der Waals surface area contributed by atoms with Crippen LogP contribution in [0.5, 0.6) is 0 Å². The molecule has 0 unspecified atom stereocenters. The summed E-state index contributed by atoms with van der Waals surface area (Å²) in [7, 11) is 0. The number of fused-ring (bicyclic) bond motifs is 1. The fourth-order valence-corrected chi connectivity index (χ4v) is 3.98. The number of rotatable bonds is 5. The lowest BCUT2D eigenvalue weighted by Crippen LogP contribution is -2.28. The van der Waals surface area contributed by atoms with Gasteiger partial charge in [0.15, 0.2) is 0 Å². The van der Waals surface area contributed by atoms with E-state index in [1.165, 1.54) is 22.5 Å². The van der Waals surface area contributed by atoms with E-state index in [-0.39, 0.29) is 18.3 Å². The average Bonchev–Trinajstić information content (AvgIpc) is 3.14. The van der Waals surface area contributed by atoms with Crippen LogP contribution in [-0.2, 0) is 13.0 Å². The van der Waals surface area contributed by atoms with E-state index in [1.807, 2.05) is 6.92 Å². The number of carbonyl (C=O) groups is 1. The molecule has 0 aliphatic carbocycles. The van der Waals surface area contributed by atoms with Crippen LogP contribution >= 0.6 is 22.9 Å². The number of aromatic nitrogens is 1. The van der Waals surface area contributed by atoms with Crippen LogP contribution in [0.2, 0.25) is 5.15 Å². The van der Waals surface area contributed by atoms with E-state index >= 15 is 0 Å². The molecular formula is C16H15ClN2O4S. The molecule has 0 bridgehead atoms. The Morgan fingerprint density at radius 1 is 1.50 bits per heavy atom. The number of aliphatic hydroxyl groups is 1. The Labute approximate surface area is 146 Å². The number of amides is 1. The number of hydrogen-bond donors (Lipinski definition) is 2. The van der Waals surface area contributed by atoms with Gasteiger partial charge in [-0.3, -0.25) is 4.90 Å². The highest BCUT2D eigenvalue weighted by atomic mass is 35.5. The summed E-state index contributed by atoms with van der Waals surface area (Å²) in [6.07, 6.45) is 0.888. The molecule has 0 fully saturated rings. The molecule has 1 amide bonds. The summed E-state index contributed by atoms with van der Waals surface area (Å²) in [6.45, 7) is 1.99. The Balaban J connectivity index is 2.15. The summed E-state index contributed by atoms with van der Waals surface area (Å²) in [5.74, 6) is 0.530. The van der Waals surface area contributed by atoms with Crippen molar-refractivity contribution in [3.8, 4) is 0 Å². The van der Waals surface area contributed by atoms with Crippen LogP contribution in [-0.4, -0.2) is 27.9 Å². The molecule has 3 aromatic heterocycles. The second-order valence-corrected chi connectivity index (χ2v) is 6.71. The number of aliphatic hydroxyl groups excluding tert-OH is 1. The Hall–Kier alpha value is -2.09. The van der Waals surface area contributed by atoms with Crippen molar-refractivity contribution in [3.05, 3.63) is 45.8 Å². The van der Waals surface area contributed by atoms with E-state index in [9.17, 15) is 15.0 Å². The summed E-state index contributed by atoms with van der Waals surface area (Å²) < 4.78 is 5.99. The van der Waals surface area contributed by atoms with E-state index in [0.29, 0.717) is 23.4 Å². The van der Waals surface area contributed by atoms with Gasteiger partial charge in [0.1, 0.15) is 10.9 Å². The number of carboxylic acid groups (broad SMARTS) is 1. The van der Waals surface area contributed by atoms with E-state index in [1.54, 1.807) is 18.2 Å². The largest absolute Gasteiger partial charge is 0.467 e. The van der Waals surface area contributed by atoms with E-state index in [4.69, 9.17) is 16.0 Å². The molecule has 24 heavy (non-hydrogen) atoms. The minimum atomic E-state index is -1.11. The van der Waals surface area contributed by atoms with Gasteiger partial charge in [-0.15, -0.1) is 11.3 Å². The number of anilines is 1. The lowest BCUT2D eigenvalue weighted by molar-refractivity contribution is 0.201. The van der Waals surface area contributed by atoms with Crippen molar-refractivity contribution in [1.29, 1.82) is 0 Å². The molecule has 0 saturated carbocycles. The maximum absolute atomic E-state index is 11.8. The standard InChI is InChI=1S/C16H15ClN2O4S/c1-9-12(4-5-20)24-15-11(7-13(17)18-14(9)15)19(16(21)22)8-10-3-2-6-23-10/h2-3,6-7,20H,4-5,8H2,1H3,(H,21,22). The molecular weight excluding hydrogens is 352 g/mol. The Bertz CT molecular complexity index is 876. The van der Waals surface area contributed by atoms with Crippen LogP contribution in [0.4, 0.5) is 10.5 Å². The maximum atomic E-state index is 11.8. The predicted octanol–water partition coefficient (Wildman–Crippen LogP) is 4.07. The Kier molecular flexibility index (Phi) is 4.75. The molecule has 6 nitrogen and oxygen atoms in total. The van der Waals surface area contributed by atoms with Crippen molar-refractivity contribution in [2.24, 2.45) is 0 Å². The Morgan fingerprint density at radius 2 is 2.29 bits per heavy atom. The van der Waals surface area contributed by atoms with E-state index in [0.717, 1.165) is 15.1 Å². The minimum absolute atomic E-state index is 0.0196. The van der Waals surface area contributed by atoms with Crippen LogP contribution in [0, 0.1) is 6.92 Å². The smallest absolute Gasteiger partial charge is 0.412 e. The van der Waals surface area contributed by atoms with Crippen molar-refractivity contribution in [2.75, 3.05) is 11.5 Å². The van der Waals surface area contributed by atoms with Gasteiger partial charge in [0.2, 0.25) is 0 Å². The molecule has 0 saturated heterocycles. The van der Waals surface area contributed by atoms with Gasteiger partial charge in [-0.2, -0.15) is 0 Å². The zero-order valence-corrected chi connectivity index (χ0v) is 14.4. The molecule has 0 radical (unpaired) electrons. The number of hydrogen-bond acceptors (Lipinski definition) is 5. The molecule has 0 atom stereocenters. The Morgan fingerprint density at radius 3 is 2.92 bits per heavy atom. The molecule has 0 aromatic carbocycles. The maximum Gasteiger partial charge on any atom is 0.412 e. The van der Waals surface area contributed by atoms with Gasteiger partial charge in [0, 0.05) is 24.0 Å². The van der Waals surface area contributed by atoms with Crippen molar-refractivity contribution in [2.45, 2.75) is 19.9 Å². The highest BCUT2D eigenvalue weighted by molar-refractivity contribution is 7.19. The summed E-state index contributed by atoms with van der Waals surface area (Å²) in [6, 6.07) is 4.96. The predicted molar refractivity (Wildman–Crippen MR) is 93.1 cm³/mol. The zero-order chi connectivity index (χ0) is 17.3. The van der Waals surface area contributed by atoms with Crippen LogP contribution in [0.25, 0.3) is 10.2 Å².